The number of anilines is 1. The molecule has 2 aromatic heterocycles. The molecule has 2 heterocycles. The van der Waals surface area contributed by atoms with Crippen LogP contribution in [0.1, 0.15) is 10.4 Å². The number of aryl methyl sites for hydroxylation is 1. The van der Waals surface area contributed by atoms with Gasteiger partial charge in [-0.3, -0.25) is 4.98 Å². The fourth-order valence-corrected chi connectivity index (χ4v) is 3.25. The molecule has 0 radical (unpaired) electrons. The number of benzene rings is 1. The Labute approximate surface area is 133 Å². The van der Waals surface area contributed by atoms with Crippen LogP contribution in [0.15, 0.2) is 48.1 Å². The van der Waals surface area contributed by atoms with E-state index in [2.05, 4.69) is 23.3 Å². The number of amides is 2. The molecule has 22 heavy (non-hydrogen) atoms. The number of carbonyl (C=O) groups is 1. The van der Waals surface area contributed by atoms with Gasteiger partial charge in [-0.25, -0.2) is 4.79 Å². The van der Waals surface area contributed by atoms with Crippen molar-refractivity contribution < 1.29 is 4.79 Å². The highest BCUT2D eigenvalue weighted by molar-refractivity contribution is 7.10. The number of urea groups is 1. The Balaban J connectivity index is 1.77. The first-order valence-electron chi connectivity index (χ1n) is 7.03. The number of fused-ring (bicyclic) bond motifs is 1. The molecule has 4 nitrogen and oxygen atoms in total. The van der Waals surface area contributed by atoms with Crippen LogP contribution in [-0.4, -0.2) is 23.0 Å². The summed E-state index contributed by atoms with van der Waals surface area (Å²) in [5.74, 6) is 0. The first-order chi connectivity index (χ1) is 10.6. The lowest BCUT2D eigenvalue weighted by Gasteiger charge is -2.18. The first-order valence-corrected chi connectivity index (χ1v) is 7.91. The van der Waals surface area contributed by atoms with Gasteiger partial charge in [0.25, 0.3) is 0 Å². The minimum atomic E-state index is -0.114. The van der Waals surface area contributed by atoms with Gasteiger partial charge >= 0.3 is 6.03 Å². The van der Waals surface area contributed by atoms with Crippen molar-refractivity contribution in [3.8, 4) is 0 Å². The van der Waals surface area contributed by atoms with Gasteiger partial charge in [0.2, 0.25) is 0 Å². The summed E-state index contributed by atoms with van der Waals surface area (Å²) in [6.07, 6.45) is 3.53. The average molecular weight is 311 g/mol. The summed E-state index contributed by atoms with van der Waals surface area (Å²) in [5.41, 5.74) is 2.03. The molecule has 3 rings (SSSR count). The molecule has 5 heteroatoms. The molecule has 0 saturated carbocycles. The van der Waals surface area contributed by atoms with E-state index in [1.165, 1.54) is 10.4 Å². The quantitative estimate of drug-likeness (QED) is 0.785. The van der Waals surface area contributed by atoms with Crippen molar-refractivity contribution in [3.63, 3.8) is 0 Å². The number of hydrogen-bond donors (Lipinski definition) is 1. The van der Waals surface area contributed by atoms with Crippen LogP contribution < -0.4 is 5.32 Å². The standard InChI is InChI=1S/C17H17N3OS/c1-12-7-9-22-16(12)11-20(2)17(21)19-15-5-3-4-13-10-18-8-6-14(13)15/h3-10H,11H2,1-2H3,(H,19,21). The van der Waals surface area contributed by atoms with Gasteiger partial charge in [0, 0.05) is 35.1 Å². The molecule has 3 aromatic rings. The normalized spacial score (nSPS) is 10.6. The number of thiophene rings is 1. The van der Waals surface area contributed by atoms with E-state index in [1.807, 2.05) is 29.6 Å². The van der Waals surface area contributed by atoms with Crippen molar-refractivity contribution >= 4 is 33.8 Å². The second-order valence-corrected chi connectivity index (χ2v) is 6.22. The van der Waals surface area contributed by atoms with Crippen LogP contribution in [0.4, 0.5) is 10.5 Å². The van der Waals surface area contributed by atoms with E-state index in [1.54, 1.807) is 35.7 Å². The molecule has 1 aromatic carbocycles. The molecule has 0 atom stereocenters. The van der Waals surface area contributed by atoms with Gasteiger partial charge in [0.1, 0.15) is 0 Å². The van der Waals surface area contributed by atoms with Crippen LogP contribution in [0, 0.1) is 6.92 Å². The third-order valence-electron chi connectivity index (χ3n) is 3.62. The van der Waals surface area contributed by atoms with Gasteiger partial charge in [-0.1, -0.05) is 12.1 Å². The maximum absolute atomic E-state index is 12.4. The van der Waals surface area contributed by atoms with Gasteiger partial charge in [0.15, 0.2) is 0 Å². The number of carbonyl (C=O) groups excluding carboxylic acids is 1. The third kappa shape index (κ3) is 2.94. The number of aromatic nitrogens is 1. The minimum absolute atomic E-state index is 0.114. The van der Waals surface area contributed by atoms with Crippen molar-refractivity contribution in [2.45, 2.75) is 13.5 Å². The maximum Gasteiger partial charge on any atom is 0.321 e. The fourth-order valence-electron chi connectivity index (χ4n) is 2.30. The molecule has 0 fully saturated rings. The van der Waals surface area contributed by atoms with Gasteiger partial charge in [0.05, 0.1) is 12.2 Å². The van der Waals surface area contributed by atoms with Gasteiger partial charge in [-0.05, 0) is 36.1 Å². The summed E-state index contributed by atoms with van der Waals surface area (Å²) in [7, 11) is 1.81. The number of nitrogens with one attached hydrogen (secondary N) is 1. The number of hydrogen-bond acceptors (Lipinski definition) is 3. The van der Waals surface area contributed by atoms with E-state index in [4.69, 9.17) is 0 Å². The Hall–Kier alpha value is -2.40. The highest BCUT2D eigenvalue weighted by Gasteiger charge is 2.12. The zero-order valence-corrected chi connectivity index (χ0v) is 13.4. The molecule has 0 spiro atoms. The van der Waals surface area contributed by atoms with Crippen molar-refractivity contribution in [2.75, 3.05) is 12.4 Å². The molecule has 0 bridgehead atoms. The molecule has 2 amide bonds. The van der Waals surface area contributed by atoms with E-state index in [0.717, 1.165) is 16.5 Å². The highest BCUT2D eigenvalue weighted by atomic mass is 32.1. The lowest BCUT2D eigenvalue weighted by atomic mass is 10.1. The van der Waals surface area contributed by atoms with Crippen molar-refractivity contribution in [3.05, 3.63) is 58.5 Å². The van der Waals surface area contributed by atoms with Crippen molar-refractivity contribution in [2.24, 2.45) is 0 Å². The topological polar surface area (TPSA) is 45.2 Å². The minimum Gasteiger partial charge on any atom is -0.322 e. The van der Waals surface area contributed by atoms with Gasteiger partial charge in [-0.2, -0.15) is 0 Å². The monoisotopic (exact) mass is 311 g/mol. The molecule has 0 aliphatic heterocycles. The van der Waals surface area contributed by atoms with Gasteiger partial charge < -0.3 is 10.2 Å². The van der Waals surface area contributed by atoms with Crippen LogP contribution in [0.5, 0.6) is 0 Å². The Morgan fingerprint density at radius 1 is 1.32 bits per heavy atom. The summed E-state index contributed by atoms with van der Waals surface area (Å²) in [6.45, 7) is 2.68. The summed E-state index contributed by atoms with van der Waals surface area (Å²) >= 11 is 1.67. The molecule has 112 valence electrons. The average Bonchev–Trinajstić information content (AvgIpc) is 2.93. The smallest absolute Gasteiger partial charge is 0.321 e. The summed E-state index contributed by atoms with van der Waals surface area (Å²) in [5, 5.41) is 7.03. The first kappa shape index (κ1) is 14.5. The molecule has 0 saturated heterocycles. The predicted molar refractivity (Wildman–Crippen MR) is 91.3 cm³/mol. The molecule has 0 aliphatic rings. The van der Waals surface area contributed by atoms with Crippen LogP contribution in [0.25, 0.3) is 10.8 Å². The largest absolute Gasteiger partial charge is 0.322 e. The van der Waals surface area contributed by atoms with Crippen molar-refractivity contribution in [1.82, 2.24) is 9.88 Å². The lowest BCUT2D eigenvalue weighted by Crippen LogP contribution is -2.30. The molecular weight excluding hydrogens is 294 g/mol. The van der Waals surface area contributed by atoms with E-state index >= 15 is 0 Å². The van der Waals surface area contributed by atoms with Crippen LogP contribution in [-0.2, 0) is 6.54 Å². The molecule has 0 unspecified atom stereocenters. The number of nitrogens with zero attached hydrogens (tertiary/aromatic N) is 2. The van der Waals surface area contributed by atoms with Crippen LogP contribution >= 0.6 is 11.3 Å². The SMILES string of the molecule is Cc1ccsc1CN(C)C(=O)Nc1cccc2cnccc12. The second kappa shape index (κ2) is 6.15. The van der Waals surface area contributed by atoms with Gasteiger partial charge in [-0.15, -0.1) is 11.3 Å². The van der Waals surface area contributed by atoms with Crippen LogP contribution in [0.2, 0.25) is 0 Å². The maximum atomic E-state index is 12.4. The molecular formula is C17H17N3OS. The molecule has 0 aliphatic carbocycles. The Morgan fingerprint density at radius 3 is 2.95 bits per heavy atom. The second-order valence-electron chi connectivity index (χ2n) is 5.22. The van der Waals surface area contributed by atoms with E-state index in [0.29, 0.717) is 6.54 Å². The Kier molecular flexibility index (Phi) is 4.06. The fraction of sp³-hybridized carbons (Fsp3) is 0.176. The summed E-state index contributed by atoms with van der Waals surface area (Å²) < 4.78 is 0. The summed E-state index contributed by atoms with van der Waals surface area (Å²) in [6, 6.07) is 9.68. The van der Waals surface area contributed by atoms with E-state index in [9.17, 15) is 4.79 Å². The van der Waals surface area contributed by atoms with E-state index in [-0.39, 0.29) is 6.03 Å². The number of rotatable bonds is 3. The highest BCUT2D eigenvalue weighted by Crippen LogP contribution is 2.23. The number of pyridine rings is 1. The zero-order valence-electron chi connectivity index (χ0n) is 12.5. The van der Waals surface area contributed by atoms with E-state index < -0.39 is 0 Å². The lowest BCUT2D eigenvalue weighted by molar-refractivity contribution is 0.221. The Bertz CT molecular complexity index is 807. The Morgan fingerprint density at radius 2 is 2.18 bits per heavy atom. The zero-order chi connectivity index (χ0) is 15.5. The van der Waals surface area contributed by atoms with Crippen molar-refractivity contribution in [1.29, 1.82) is 0 Å². The molecule has 1 N–H and O–H groups in total. The van der Waals surface area contributed by atoms with Crippen LogP contribution in [0.3, 0.4) is 0 Å². The third-order valence-corrected chi connectivity index (χ3v) is 4.63. The summed E-state index contributed by atoms with van der Waals surface area (Å²) in [4.78, 5) is 19.4. The predicted octanol–water partition coefficient (Wildman–Crippen LogP) is 4.27.